The fourth-order valence-electron chi connectivity index (χ4n) is 5.15. The molecule has 30 heavy (non-hydrogen) atoms. The van der Waals surface area contributed by atoms with Crippen molar-refractivity contribution in [3.05, 3.63) is 29.5 Å². The maximum Gasteiger partial charge on any atom is 0.222 e. The van der Waals surface area contributed by atoms with Crippen molar-refractivity contribution < 1.29 is 23.1 Å². The molecule has 0 aliphatic carbocycles. The minimum atomic E-state index is -3.56. The molecule has 1 amide bonds. The Morgan fingerprint density at radius 1 is 1.30 bits per heavy atom. The topological polar surface area (TPSA) is 92.1 Å². The second-order valence-electron chi connectivity index (χ2n) is 8.49. The molecule has 1 saturated heterocycles. The van der Waals surface area contributed by atoms with Gasteiger partial charge in [0.2, 0.25) is 15.9 Å². The van der Waals surface area contributed by atoms with Crippen LogP contribution in [0.2, 0.25) is 0 Å². The standard InChI is InChI=1S/C21H29N3O5S/c1-5-6-18(26)23-11-21(12-23)13-24(30(4,27)28)17(10-25)20-19(21)15-8-7-14(29-3)9-16(15)22(20)2/h7-9,17,25H,5-6,10-13H2,1-4H3/t17-/m1/s1. The summed E-state index contributed by atoms with van der Waals surface area (Å²) in [5, 5.41) is 11.2. The fraction of sp³-hybridized carbons (Fsp3) is 0.571. The Kier molecular flexibility index (Phi) is 5.11. The van der Waals surface area contributed by atoms with E-state index in [2.05, 4.69) is 0 Å². The number of ether oxygens (including phenoxy) is 1. The quantitative estimate of drug-likeness (QED) is 0.766. The minimum absolute atomic E-state index is 0.0989. The van der Waals surface area contributed by atoms with Gasteiger partial charge in [0.1, 0.15) is 5.75 Å². The van der Waals surface area contributed by atoms with Crippen LogP contribution in [0, 0.1) is 0 Å². The Labute approximate surface area is 177 Å². The van der Waals surface area contributed by atoms with E-state index < -0.39 is 21.5 Å². The number of amides is 1. The first-order valence-corrected chi connectivity index (χ1v) is 12.0. The van der Waals surface area contributed by atoms with Gasteiger partial charge in [0, 0.05) is 55.7 Å². The van der Waals surface area contributed by atoms with E-state index in [1.165, 1.54) is 10.6 Å². The Hall–Kier alpha value is -2.10. The van der Waals surface area contributed by atoms with E-state index in [0.717, 1.165) is 28.6 Å². The largest absolute Gasteiger partial charge is 0.497 e. The summed E-state index contributed by atoms with van der Waals surface area (Å²) in [6.07, 6.45) is 2.45. The molecule has 0 unspecified atom stereocenters. The van der Waals surface area contributed by atoms with Crippen molar-refractivity contribution >= 4 is 26.8 Å². The number of hydrogen-bond donors (Lipinski definition) is 1. The second-order valence-corrected chi connectivity index (χ2v) is 10.4. The number of likely N-dealkylation sites (tertiary alicyclic amines) is 1. The zero-order chi connectivity index (χ0) is 21.8. The first-order chi connectivity index (χ1) is 14.2. The zero-order valence-corrected chi connectivity index (χ0v) is 18.7. The SMILES string of the molecule is CCCC(=O)N1CC2(C1)CN(S(C)(=O)=O)[C@H](CO)c1c2c2ccc(OC)cc2n1C. The molecule has 3 heterocycles. The first kappa shape index (κ1) is 21.1. The highest BCUT2D eigenvalue weighted by Gasteiger charge is 2.55. The third kappa shape index (κ3) is 3.02. The van der Waals surface area contributed by atoms with E-state index in [9.17, 15) is 18.3 Å². The molecule has 2 aliphatic rings. The number of methoxy groups -OCH3 is 1. The van der Waals surface area contributed by atoms with E-state index >= 15 is 0 Å². The van der Waals surface area contributed by atoms with E-state index in [1.54, 1.807) is 7.11 Å². The summed E-state index contributed by atoms with van der Waals surface area (Å²) in [6, 6.07) is 5.16. The highest BCUT2D eigenvalue weighted by Crippen LogP contribution is 2.50. The predicted molar refractivity (Wildman–Crippen MR) is 114 cm³/mol. The number of benzene rings is 1. The van der Waals surface area contributed by atoms with Gasteiger partial charge >= 0.3 is 0 Å². The fourth-order valence-corrected chi connectivity index (χ4v) is 6.26. The van der Waals surface area contributed by atoms with Gasteiger partial charge in [-0.1, -0.05) is 6.92 Å². The lowest BCUT2D eigenvalue weighted by Crippen LogP contribution is -2.68. The Bertz CT molecular complexity index is 1100. The van der Waals surface area contributed by atoms with Gasteiger partial charge in [-0.3, -0.25) is 4.79 Å². The Morgan fingerprint density at radius 2 is 2.00 bits per heavy atom. The molecule has 0 bridgehead atoms. The van der Waals surface area contributed by atoms with Crippen molar-refractivity contribution in [3.8, 4) is 5.75 Å². The lowest BCUT2D eigenvalue weighted by molar-refractivity contribution is -0.140. The molecule has 4 rings (SSSR count). The summed E-state index contributed by atoms with van der Waals surface area (Å²) in [4.78, 5) is 14.3. The molecular formula is C21H29N3O5S. The average molecular weight is 436 g/mol. The van der Waals surface area contributed by atoms with Crippen LogP contribution in [0.25, 0.3) is 10.9 Å². The van der Waals surface area contributed by atoms with Crippen molar-refractivity contribution in [2.45, 2.75) is 31.2 Å². The smallest absolute Gasteiger partial charge is 0.222 e. The van der Waals surface area contributed by atoms with E-state index in [0.29, 0.717) is 25.3 Å². The molecule has 2 aliphatic heterocycles. The van der Waals surface area contributed by atoms with Gasteiger partial charge in [-0.2, -0.15) is 4.31 Å². The summed E-state index contributed by atoms with van der Waals surface area (Å²) in [7, 11) is -0.0622. The number of carbonyl (C=O) groups is 1. The molecular weight excluding hydrogens is 406 g/mol. The molecule has 1 aromatic heterocycles. The molecule has 0 saturated carbocycles. The van der Waals surface area contributed by atoms with Crippen molar-refractivity contribution in [2.24, 2.45) is 7.05 Å². The summed E-state index contributed by atoms with van der Waals surface area (Å²) in [5.41, 5.74) is 2.27. The molecule has 1 N–H and O–H groups in total. The van der Waals surface area contributed by atoms with Crippen LogP contribution in [0.15, 0.2) is 18.2 Å². The third-order valence-electron chi connectivity index (χ3n) is 6.51. The Balaban J connectivity index is 1.92. The number of aliphatic hydroxyl groups is 1. The van der Waals surface area contributed by atoms with Crippen LogP contribution in [-0.2, 0) is 27.3 Å². The van der Waals surface area contributed by atoms with Gasteiger partial charge in [0.25, 0.3) is 0 Å². The van der Waals surface area contributed by atoms with Gasteiger partial charge in [-0.25, -0.2) is 8.42 Å². The molecule has 164 valence electrons. The van der Waals surface area contributed by atoms with Crippen LogP contribution in [0.1, 0.15) is 37.1 Å². The summed E-state index contributed by atoms with van der Waals surface area (Å²) < 4.78 is 34.0. The van der Waals surface area contributed by atoms with Crippen LogP contribution in [-0.4, -0.2) is 72.8 Å². The summed E-state index contributed by atoms with van der Waals surface area (Å²) in [6.45, 7) is 2.88. The number of aromatic nitrogens is 1. The van der Waals surface area contributed by atoms with E-state index in [4.69, 9.17) is 4.74 Å². The number of fused-ring (bicyclic) bond motifs is 4. The van der Waals surface area contributed by atoms with E-state index in [1.807, 2.05) is 41.6 Å². The second kappa shape index (κ2) is 7.25. The number of aliphatic hydroxyl groups excluding tert-OH is 1. The maximum atomic E-state index is 12.6. The number of hydrogen-bond acceptors (Lipinski definition) is 5. The molecule has 1 fully saturated rings. The van der Waals surface area contributed by atoms with Crippen LogP contribution in [0.5, 0.6) is 5.75 Å². The van der Waals surface area contributed by atoms with Crippen LogP contribution in [0.3, 0.4) is 0 Å². The summed E-state index contributed by atoms with van der Waals surface area (Å²) in [5.74, 6) is 0.810. The number of sulfonamides is 1. The number of carbonyl (C=O) groups excluding carboxylic acids is 1. The molecule has 1 aromatic carbocycles. The van der Waals surface area contributed by atoms with Gasteiger partial charge in [-0.05, 0) is 24.1 Å². The number of aryl methyl sites for hydroxylation is 1. The van der Waals surface area contributed by atoms with Gasteiger partial charge in [0.05, 0.1) is 31.5 Å². The minimum Gasteiger partial charge on any atom is -0.497 e. The molecule has 1 spiro atoms. The number of nitrogens with zero attached hydrogens (tertiary/aromatic N) is 3. The highest BCUT2D eigenvalue weighted by atomic mass is 32.2. The predicted octanol–water partition coefficient (Wildman–Crippen LogP) is 1.38. The van der Waals surface area contributed by atoms with Crippen molar-refractivity contribution in [2.75, 3.05) is 39.6 Å². The first-order valence-electron chi connectivity index (χ1n) is 10.2. The highest BCUT2D eigenvalue weighted by molar-refractivity contribution is 7.88. The lowest BCUT2D eigenvalue weighted by atomic mass is 9.69. The van der Waals surface area contributed by atoms with E-state index in [-0.39, 0.29) is 19.1 Å². The molecule has 2 aromatic rings. The maximum absolute atomic E-state index is 12.6. The lowest BCUT2D eigenvalue weighted by Gasteiger charge is -2.55. The average Bonchev–Trinajstić information content (AvgIpc) is 2.97. The van der Waals surface area contributed by atoms with Crippen molar-refractivity contribution in [1.29, 1.82) is 0 Å². The van der Waals surface area contributed by atoms with Crippen LogP contribution in [0.4, 0.5) is 0 Å². The summed E-state index contributed by atoms with van der Waals surface area (Å²) >= 11 is 0. The molecule has 1 atom stereocenters. The van der Waals surface area contributed by atoms with Crippen LogP contribution < -0.4 is 4.74 Å². The van der Waals surface area contributed by atoms with Crippen molar-refractivity contribution in [1.82, 2.24) is 13.8 Å². The molecule has 0 radical (unpaired) electrons. The Morgan fingerprint density at radius 3 is 2.57 bits per heavy atom. The van der Waals surface area contributed by atoms with Gasteiger partial charge in [-0.15, -0.1) is 0 Å². The van der Waals surface area contributed by atoms with Gasteiger partial charge < -0.3 is 19.3 Å². The van der Waals surface area contributed by atoms with Crippen LogP contribution >= 0.6 is 0 Å². The normalized spacial score (nSPS) is 21.0. The van der Waals surface area contributed by atoms with Crippen molar-refractivity contribution in [3.63, 3.8) is 0 Å². The number of rotatable bonds is 5. The zero-order valence-electron chi connectivity index (χ0n) is 17.9. The van der Waals surface area contributed by atoms with Gasteiger partial charge in [0.15, 0.2) is 0 Å². The monoisotopic (exact) mass is 435 g/mol. The molecule has 8 nitrogen and oxygen atoms in total. The third-order valence-corrected chi connectivity index (χ3v) is 7.74. The molecule has 9 heteroatoms.